The summed E-state index contributed by atoms with van der Waals surface area (Å²) >= 11 is 0. The van der Waals surface area contributed by atoms with Gasteiger partial charge in [-0.25, -0.2) is 0 Å². The van der Waals surface area contributed by atoms with Crippen LogP contribution >= 0.6 is 0 Å². The van der Waals surface area contributed by atoms with Gasteiger partial charge in [-0.05, 0) is 18.9 Å². The third-order valence-corrected chi connectivity index (χ3v) is 1.51. The van der Waals surface area contributed by atoms with Gasteiger partial charge >= 0.3 is 0 Å². The van der Waals surface area contributed by atoms with Gasteiger partial charge in [0.05, 0.1) is 13.2 Å². The van der Waals surface area contributed by atoms with E-state index in [1.807, 2.05) is 6.92 Å². The molecule has 9 heavy (non-hydrogen) atoms. The minimum atomic E-state index is 0.766. The van der Waals surface area contributed by atoms with Crippen molar-refractivity contribution >= 4 is 0 Å². The average molecular weight is 124 g/mol. The molecule has 1 heterocycles. The van der Waals surface area contributed by atoms with E-state index >= 15 is 0 Å². The van der Waals surface area contributed by atoms with Crippen LogP contribution in [0.1, 0.15) is 13.3 Å². The van der Waals surface area contributed by atoms with E-state index in [4.69, 9.17) is 4.74 Å². The largest absolute Gasteiger partial charge is 0.377 e. The van der Waals surface area contributed by atoms with Crippen molar-refractivity contribution < 1.29 is 4.74 Å². The molecule has 0 amide bonds. The number of allylic oxidation sites excluding steroid dienone is 1. The Morgan fingerprint density at radius 1 is 1.78 bits per heavy atom. The smallest absolute Gasteiger partial charge is 0.0653 e. The van der Waals surface area contributed by atoms with Crippen molar-refractivity contribution in [2.45, 2.75) is 13.3 Å². The van der Waals surface area contributed by atoms with E-state index in [-0.39, 0.29) is 0 Å². The highest BCUT2D eigenvalue weighted by molar-refractivity contribution is 5.26. The molecule has 0 saturated heterocycles. The summed E-state index contributed by atoms with van der Waals surface area (Å²) in [6.45, 7) is 7.52. The zero-order chi connectivity index (χ0) is 6.69. The summed E-state index contributed by atoms with van der Waals surface area (Å²) in [5.41, 5.74) is 2.54. The van der Waals surface area contributed by atoms with Gasteiger partial charge < -0.3 is 4.74 Å². The van der Waals surface area contributed by atoms with Crippen molar-refractivity contribution in [1.82, 2.24) is 0 Å². The van der Waals surface area contributed by atoms with Crippen LogP contribution in [0.5, 0.6) is 0 Å². The van der Waals surface area contributed by atoms with Gasteiger partial charge in [0.1, 0.15) is 0 Å². The number of ether oxygens (including phenoxy) is 1. The van der Waals surface area contributed by atoms with Gasteiger partial charge in [0.15, 0.2) is 0 Å². The molecular formula is C8H12O. The maximum Gasteiger partial charge on any atom is 0.0653 e. The van der Waals surface area contributed by atoms with Crippen molar-refractivity contribution in [3.8, 4) is 0 Å². The molecule has 0 aliphatic carbocycles. The van der Waals surface area contributed by atoms with Crippen molar-refractivity contribution in [3.05, 3.63) is 23.8 Å². The molecule has 0 spiro atoms. The van der Waals surface area contributed by atoms with Crippen molar-refractivity contribution in [2.75, 3.05) is 13.2 Å². The fourth-order valence-electron chi connectivity index (χ4n) is 0.915. The molecule has 0 radical (unpaired) electrons. The minimum absolute atomic E-state index is 0.766. The normalized spacial score (nSPS) is 19.0. The molecular weight excluding hydrogens is 112 g/mol. The highest BCUT2D eigenvalue weighted by Crippen LogP contribution is 2.14. The predicted octanol–water partition coefficient (Wildman–Crippen LogP) is 1.91. The van der Waals surface area contributed by atoms with E-state index in [2.05, 4.69) is 12.7 Å². The molecule has 1 aliphatic rings. The third-order valence-electron chi connectivity index (χ3n) is 1.51. The second-order valence-corrected chi connectivity index (χ2v) is 2.33. The maximum atomic E-state index is 5.13. The molecule has 50 valence electrons. The first-order chi connectivity index (χ1) is 4.30. The van der Waals surface area contributed by atoms with Gasteiger partial charge in [0.2, 0.25) is 0 Å². The van der Waals surface area contributed by atoms with Gasteiger partial charge in [-0.15, -0.1) is 0 Å². The lowest BCUT2D eigenvalue weighted by Gasteiger charge is -2.12. The van der Waals surface area contributed by atoms with Crippen LogP contribution in [0.2, 0.25) is 0 Å². The Balaban J connectivity index is 2.57. The van der Waals surface area contributed by atoms with Gasteiger partial charge in [-0.1, -0.05) is 18.2 Å². The SMILES string of the molecule is C=C(C)C1=CCOCC1. The molecule has 0 unspecified atom stereocenters. The van der Waals surface area contributed by atoms with E-state index in [1.165, 1.54) is 11.1 Å². The Hall–Kier alpha value is -0.560. The fourth-order valence-corrected chi connectivity index (χ4v) is 0.915. The molecule has 1 rings (SSSR count). The lowest BCUT2D eigenvalue weighted by molar-refractivity contribution is 0.155. The molecule has 0 atom stereocenters. The molecule has 0 fully saturated rings. The summed E-state index contributed by atoms with van der Waals surface area (Å²) in [5, 5.41) is 0. The third kappa shape index (κ3) is 1.68. The molecule has 0 bridgehead atoms. The highest BCUT2D eigenvalue weighted by Gasteiger charge is 2.02. The summed E-state index contributed by atoms with van der Waals surface area (Å²) in [5.74, 6) is 0. The van der Waals surface area contributed by atoms with Gasteiger partial charge in [0.25, 0.3) is 0 Å². The lowest BCUT2D eigenvalue weighted by atomic mass is 10.1. The lowest BCUT2D eigenvalue weighted by Crippen LogP contribution is -2.04. The molecule has 0 N–H and O–H groups in total. The first kappa shape index (κ1) is 6.56. The predicted molar refractivity (Wildman–Crippen MR) is 38.3 cm³/mol. The zero-order valence-corrected chi connectivity index (χ0v) is 5.81. The molecule has 0 saturated carbocycles. The van der Waals surface area contributed by atoms with Crippen molar-refractivity contribution in [1.29, 1.82) is 0 Å². The average Bonchev–Trinajstić information content (AvgIpc) is 1.90. The molecule has 0 aromatic carbocycles. The maximum absolute atomic E-state index is 5.13. The minimum Gasteiger partial charge on any atom is -0.377 e. The van der Waals surface area contributed by atoms with Gasteiger partial charge in [-0.2, -0.15) is 0 Å². The number of hydrogen-bond acceptors (Lipinski definition) is 1. The Labute approximate surface area is 56.0 Å². The molecule has 1 nitrogen and oxygen atoms in total. The van der Waals surface area contributed by atoms with E-state index < -0.39 is 0 Å². The summed E-state index contributed by atoms with van der Waals surface area (Å²) in [6.07, 6.45) is 3.14. The summed E-state index contributed by atoms with van der Waals surface area (Å²) in [7, 11) is 0. The van der Waals surface area contributed by atoms with Gasteiger partial charge in [-0.3, -0.25) is 0 Å². The second kappa shape index (κ2) is 2.83. The van der Waals surface area contributed by atoms with E-state index in [9.17, 15) is 0 Å². The van der Waals surface area contributed by atoms with Crippen molar-refractivity contribution in [3.63, 3.8) is 0 Å². The van der Waals surface area contributed by atoms with Crippen LogP contribution in [0.3, 0.4) is 0 Å². The quantitative estimate of drug-likeness (QED) is 0.519. The van der Waals surface area contributed by atoms with Gasteiger partial charge in [0, 0.05) is 0 Å². The van der Waals surface area contributed by atoms with E-state index in [0.717, 1.165) is 19.6 Å². The van der Waals surface area contributed by atoms with Crippen LogP contribution < -0.4 is 0 Å². The first-order valence-corrected chi connectivity index (χ1v) is 3.23. The summed E-state index contributed by atoms with van der Waals surface area (Å²) in [6, 6.07) is 0. The molecule has 1 aliphatic heterocycles. The highest BCUT2D eigenvalue weighted by atomic mass is 16.5. The van der Waals surface area contributed by atoms with Crippen LogP contribution in [0.15, 0.2) is 23.8 Å². The number of rotatable bonds is 1. The Kier molecular flexibility index (Phi) is 2.06. The second-order valence-electron chi connectivity index (χ2n) is 2.33. The first-order valence-electron chi connectivity index (χ1n) is 3.23. The van der Waals surface area contributed by atoms with Crippen LogP contribution in [-0.4, -0.2) is 13.2 Å². The molecule has 1 heteroatoms. The molecule has 0 aromatic heterocycles. The van der Waals surface area contributed by atoms with Crippen LogP contribution in [0, 0.1) is 0 Å². The summed E-state index contributed by atoms with van der Waals surface area (Å²) < 4.78 is 5.13. The Morgan fingerprint density at radius 2 is 2.56 bits per heavy atom. The van der Waals surface area contributed by atoms with Crippen molar-refractivity contribution in [2.24, 2.45) is 0 Å². The monoisotopic (exact) mass is 124 g/mol. The topological polar surface area (TPSA) is 9.23 Å². The van der Waals surface area contributed by atoms with E-state index in [1.54, 1.807) is 0 Å². The summed E-state index contributed by atoms with van der Waals surface area (Å²) in [4.78, 5) is 0. The Bertz CT molecular complexity index is 145. The fraction of sp³-hybridized carbons (Fsp3) is 0.500. The standard InChI is InChI=1S/C8H12O/c1-7(2)8-3-5-9-6-4-8/h3H,1,4-6H2,2H3. The Morgan fingerprint density at radius 3 is 2.89 bits per heavy atom. The zero-order valence-electron chi connectivity index (χ0n) is 5.81. The van der Waals surface area contributed by atoms with Crippen LogP contribution in [0.25, 0.3) is 0 Å². The van der Waals surface area contributed by atoms with E-state index in [0.29, 0.717) is 0 Å². The van der Waals surface area contributed by atoms with Crippen LogP contribution in [-0.2, 0) is 4.74 Å². The molecule has 0 aromatic rings. The van der Waals surface area contributed by atoms with Crippen LogP contribution in [0.4, 0.5) is 0 Å². The number of hydrogen-bond donors (Lipinski definition) is 0.